The molecule has 1 aromatic carbocycles. The molecule has 3 rings (SSSR count). The quantitative estimate of drug-likeness (QED) is 0.658. The minimum absolute atomic E-state index is 0.272. The summed E-state index contributed by atoms with van der Waals surface area (Å²) in [6, 6.07) is 8.04. The number of fused-ring (bicyclic) bond motifs is 1. The van der Waals surface area contributed by atoms with Gasteiger partial charge in [-0.15, -0.1) is 0 Å². The second-order valence-corrected chi connectivity index (χ2v) is 4.43. The maximum atomic E-state index is 12.9. The van der Waals surface area contributed by atoms with Crippen molar-refractivity contribution in [1.82, 2.24) is 9.38 Å². The second-order valence-electron chi connectivity index (χ2n) is 4.43. The Morgan fingerprint density at radius 2 is 1.95 bits per heavy atom. The molecule has 0 bridgehead atoms. The highest BCUT2D eigenvalue weighted by molar-refractivity contribution is 5.78. The smallest absolute Gasteiger partial charge is 0.151 e. The number of aldehydes is 1. The number of carbonyl (C=O) groups is 1. The van der Waals surface area contributed by atoms with Crippen molar-refractivity contribution in [1.29, 1.82) is 0 Å². The van der Waals surface area contributed by atoms with Crippen molar-refractivity contribution in [2.75, 3.05) is 0 Å². The number of halogens is 1. The van der Waals surface area contributed by atoms with Gasteiger partial charge in [-0.05, 0) is 42.8 Å². The first-order chi connectivity index (χ1) is 9.17. The number of aromatic nitrogens is 2. The van der Waals surface area contributed by atoms with Crippen LogP contribution in [0.5, 0.6) is 0 Å². The molecular weight excluding hydrogens is 243 g/mol. The molecule has 4 heteroatoms. The molecular formula is C15H11FN2O. The fraction of sp³-hybridized carbons (Fsp3) is 0.0667. The molecule has 0 aliphatic heterocycles. The molecule has 19 heavy (non-hydrogen) atoms. The minimum atomic E-state index is -0.272. The molecule has 0 aliphatic rings. The number of hydrogen-bond donors (Lipinski definition) is 0. The zero-order valence-corrected chi connectivity index (χ0v) is 10.3. The first-order valence-corrected chi connectivity index (χ1v) is 5.88. The van der Waals surface area contributed by atoms with Crippen LogP contribution in [0.3, 0.4) is 0 Å². The van der Waals surface area contributed by atoms with Gasteiger partial charge in [0.15, 0.2) is 6.29 Å². The van der Waals surface area contributed by atoms with E-state index in [1.807, 2.05) is 19.2 Å². The molecule has 0 saturated carbocycles. The van der Waals surface area contributed by atoms with Crippen molar-refractivity contribution >= 4 is 11.9 Å². The predicted octanol–water partition coefficient (Wildman–Crippen LogP) is 3.26. The van der Waals surface area contributed by atoms with Crippen molar-refractivity contribution in [3.05, 3.63) is 59.7 Å². The van der Waals surface area contributed by atoms with Gasteiger partial charge in [-0.1, -0.05) is 0 Å². The lowest BCUT2D eigenvalue weighted by molar-refractivity contribution is 0.112. The van der Waals surface area contributed by atoms with Crippen LogP contribution in [0.1, 0.15) is 15.9 Å². The molecule has 0 saturated heterocycles. The van der Waals surface area contributed by atoms with Crippen LogP contribution in [0.2, 0.25) is 0 Å². The number of hydrogen-bond acceptors (Lipinski definition) is 2. The highest BCUT2D eigenvalue weighted by atomic mass is 19.1. The summed E-state index contributed by atoms with van der Waals surface area (Å²) in [7, 11) is 0. The normalized spacial score (nSPS) is 10.8. The van der Waals surface area contributed by atoms with Crippen molar-refractivity contribution < 1.29 is 9.18 Å². The van der Waals surface area contributed by atoms with Crippen molar-refractivity contribution in [2.45, 2.75) is 6.92 Å². The molecule has 94 valence electrons. The van der Waals surface area contributed by atoms with Gasteiger partial charge in [0, 0.05) is 23.5 Å². The van der Waals surface area contributed by atoms with Gasteiger partial charge in [0.25, 0.3) is 0 Å². The Kier molecular flexibility index (Phi) is 2.63. The molecule has 0 atom stereocenters. The molecule has 3 aromatic rings. The maximum Gasteiger partial charge on any atom is 0.151 e. The zero-order chi connectivity index (χ0) is 13.4. The lowest BCUT2D eigenvalue weighted by Gasteiger charge is -1.98. The highest BCUT2D eigenvalue weighted by Gasteiger charge is 2.07. The van der Waals surface area contributed by atoms with Gasteiger partial charge in [-0.25, -0.2) is 9.37 Å². The Hall–Kier alpha value is -2.49. The zero-order valence-electron chi connectivity index (χ0n) is 10.3. The van der Waals surface area contributed by atoms with E-state index in [0.29, 0.717) is 5.56 Å². The largest absolute Gasteiger partial charge is 0.306 e. The summed E-state index contributed by atoms with van der Waals surface area (Å²) in [5.74, 6) is -0.272. The van der Waals surface area contributed by atoms with E-state index in [1.54, 1.807) is 22.7 Å². The van der Waals surface area contributed by atoms with E-state index in [-0.39, 0.29) is 5.82 Å². The molecule has 0 N–H and O–H groups in total. The molecule has 0 amide bonds. The monoisotopic (exact) mass is 254 g/mol. The van der Waals surface area contributed by atoms with Crippen LogP contribution in [-0.4, -0.2) is 15.7 Å². The molecule has 2 heterocycles. The van der Waals surface area contributed by atoms with Crippen molar-refractivity contribution in [3.8, 4) is 11.3 Å². The number of rotatable bonds is 2. The Morgan fingerprint density at radius 3 is 2.63 bits per heavy atom. The third kappa shape index (κ3) is 2.01. The average Bonchev–Trinajstić information content (AvgIpc) is 2.81. The molecule has 3 nitrogen and oxygen atoms in total. The van der Waals surface area contributed by atoms with Crippen LogP contribution in [0.4, 0.5) is 4.39 Å². The Labute approximate surface area is 109 Å². The fourth-order valence-corrected chi connectivity index (χ4v) is 2.03. The molecule has 0 fully saturated rings. The topological polar surface area (TPSA) is 34.4 Å². The number of pyridine rings is 1. The predicted molar refractivity (Wildman–Crippen MR) is 70.7 cm³/mol. The lowest BCUT2D eigenvalue weighted by atomic mass is 10.2. The molecule has 0 spiro atoms. The van der Waals surface area contributed by atoms with Crippen LogP contribution in [0.25, 0.3) is 16.9 Å². The van der Waals surface area contributed by atoms with Crippen LogP contribution in [0, 0.1) is 12.7 Å². The van der Waals surface area contributed by atoms with Crippen molar-refractivity contribution in [3.63, 3.8) is 0 Å². The van der Waals surface area contributed by atoms with Gasteiger partial charge in [0.05, 0.1) is 5.69 Å². The summed E-state index contributed by atoms with van der Waals surface area (Å²) >= 11 is 0. The summed E-state index contributed by atoms with van der Waals surface area (Å²) < 4.78 is 14.7. The average molecular weight is 254 g/mol. The summed E-state index contributed by atoms with van der Waals surface area (Å²) in [4.78, 5) is 15.4. The van der Waals surface area contributed by atoms with Gasteiger partial charge in [0.1, 0.15) is 11.5 Å². The number of imidazole rings is 1. The van der Waals surface area contributed by atoms with Crippen LogP contribution in [-0.2, 0) is 0 Å². The summed E-state index contributed by atoms with van der Waals surface area (Å²) in [5, 5.41) is 0. The van der Waals surface area contributed by atoms with E-state index in [4.69, 9.17) is 0 Å². The van der Waals surface area contributed by atoms with E-state index in [2.05, 4.69) is 4.98 Å². The first kappa shape index (κ1) is 11.6. The number of nitrogens with zero attached hydrogens (tertiary/aromatic N) is 2. The third-order valence-corrected chi connectivity index (χ3v) is 3.11. The molecule has 0 aliphatic carbocycles. The Balaban J connectivity index is 2.16. The Bertz CT molecular complexity index is 760. The van der Waals surface area contributed by atoms with Crippen LogP contribution >= 0.6 is 0 Å². The molecule has 0 radical (unpaired) electrons. The van der Waals surface area contributed by atoms with Gasteiger partial charge < -0.3 is 4.40 Å². The Morgan fingerprint density at radius 1 is 1.21 bits per heavy atom. The highest BCUT2D eigenvalue weighted by Crippen LogP contribution is 2.20. The van der Waals surface area contributed by atoms with Gasteiger partial charge in [-0.2, -0.15) is 0 Å². The van der Waals surface area contributed by atoms with Crippen LogP contribution in [0.15, 0.2) is 42.7 Å². The number of carbonyl (C=O) groups excluding carboxylic acids is 1. The molecule has 0 unspecified atom stereocenters. The summed E-state index contributed by atoms with van der Waals surface area (Å²) in [6.45, 7) is 1.87. The van der Waals surface area contributed by atoms with Gasteiger partial charge in [-0.3, -0.25) is 4.79 Å². The second kappa shape index (κ2) is 4.31. The maximum absolute atomic E-state index is 12.9. The summed E-state index contributed by atoms with van der Waals surface area (Å²) in [5.41, 5.74) is 3.88. The van der Waals surface area contributed by atoms with E-state index < -0.39 is 0 Å². The van der Waals surface area contributed by atoms with Gasteiger partial charge >= 0.3 is 0 Å². The molecule has 2 aromatic heterocycles. The summed E-state index contributed by atoms with van der Waals surface area (Å²) in [6.07, 6.45) is 4.40. The standard InChI is InChI=1S/C15H11FN2O/c1-10-6-15-17-14(8-18(15)7-12(10)9-19)11-2-4-13(16)5-3-11/h2-9H,1H3. The van der Waals surface area contributed by atoms with Crippen LogP contribution < -0.4 is 0 Å². The van der Waals surface area contributed by atoms with E-state index in [0.717, 1.165) is 28.8 Å². The van der Waals surface area contributed by atoms with Gasteiger partial charge in [0.2, 0.25) is 0 Å². The van der Waals surface area contributed by atoms with E-state index in [1.165, 1.54) is 12.1 Å². The van der Waals surface area contributed by atoms with Crippen molar-refractivity contribution in [2.24, 2.45) is 0 Å². The SMILES string of the molecule is Cc1cc2nc(-c3ccc(F)cc3)cn2cc1C=O. The fourth-order valence-electron chi connectivity index (χ4n) is 2.03. The van der Waals surface area contributed by atoms with E-state index in [9.17, 15) is 9.18 Å². The first-order valence-electron chi connectivity index (χ1n) is 5.88. The number of aryl methyl sites for hydroxylation is 1. The minimum Gasteiger partial charge on any atom is -0.306 e. The number of benzene rings is 1. The van der Waals surface area contributed by atoms with E-state index >= 15 is 0 Å². The third-order valence-electron chi connectivity index (χ3n) is 3.11. The lowest BCUT2D eigenvalue weighted by Crippen LogP contribution is -1.91.